The zero-order valence-corrected chi connectivity index (χ0v) is 26.6. The van der Waals surface area contributed by atoms with Crippen molar-refractivity contribution >= 4 is 89.8 Å². The fourth-order valence-electron chi connectivity index (χ4n) is 2.68. The van der Waals surface area contributed by atoms with E-state index in [0.29, 0.717) is 14.7 Å². The Balaban J connectivity index is 0.000000220. The van der Waals surface area contributed by atoms with Gasteiger partial charge in [-0.05, 0) is 70.2 Å². The van der Waals surface area contributed by atoms with Crippen LogP contribution in [0.3, 0.4) is 0 Å². The van der Waals surface area contributed by atoms with Gasteiger partial charge in [0.25, 0.3) is 9.05 Å². The summed E-state index contributed by atoms with van der Waals surface area (Å²) in [5.74, 6) is 0.593. The lowest BCUT2D eigenvalue weighted by Crippen LogP contribution is -2.06. The number of thiophene rings is 2. The molecular weight excluding hydrogens is 710 g/mol. The van der Waals surface area contributed by atoms with Gasteiger partial charge in [0, 0.05) is 30.7 Å². The number of sulfone groups is 1. The van der Waals surface area contributed by atoms with E-state index in [-0.39, 0.29) is 21.3 Å². The van der Waals surface area contributed by atoms with E-state index in [2.05, 4.69) is 31.9 Å². The van der Waals surface area contributed by atoms with Crippen LogP contribution in [0.15, 0.2) is 88.8 Å². The monoisotopic (exact) mass is 729 g/mol. The summed E-state index contributed by atoms with van der Waals surface area (Å²) in [4.78, 5) is 0.177. The van der Waals surface area contributed by atoms with Crippen LogP contribution in [-0.2, 0) is 24.6 Å². The second-order valence-electron chi connectivity index (χ2n) is 6.98. The SMILES string of the molecule is COc1ccc(Br)cc1S(=O)(=O)Cc1ccsc1.COc1ccc(Br)cc1S(=O)(=O)Cl.Nc1ccsc1. The molecule has 37 heavy (non-hydrogen) atoms. The zero-order valence-electron chi connectivity index (χ0n) is 19.4. The van der Waals surface area contributed by atoms with Crippen molar-refractivity contribution in [1.29, 1.82) is 0 Å². The standard InChI is InChI=1S/C12H11BrO3S2.C7H6BrClO3S.C4H5NS/c1-16-11-3-2-10(13)6-12(11)18(14,15)8-9-4-5-17-7-9;1-12-6-3-2-5(8)4-7(6)13(9,10)11;5-4-1-2-6-3-4/h2-7H,8H2,1H3;2-4H,1H3;1-3H,5H2. The number of ether oxygens (including phenoxy) is 2. The number of nitrogens with two attached hydrogens (primary N) is 1. The Morgan fingerprint density at radius 1 is 0.811 bits per heavy atom. The van der Waals surface area contributed by atoms with Gasteiger partial charge in [0.15, 0.2) is 9.84 Å². The summed E-state index contributed by atoms with van der Waals surface area (Å²) >= 11 is 9.52. The van der Waals surface area contributed by atoms with Gasteiger partial charge in [-0.3, -0.25) is 0 Å². The van der Waals surface area contributed by atoms with Gasteiger partial charge in [0.2, 0.25) is 0 Å². The van der Waals surface area contributed by atoms with Crippen LogP contribution >= 0.6 is 65.2 Å². The molecule has 0 aliphatic heterocycles. The molecule has 4 rings (SSSR count). The minimum Gasteiger partial charge on any atom is -0.495 e. The summed E-state index contributed by atoms with van der Waals surface area (Å²) in [5.41, 5.74) is 6.94. The number of hydrogen-bond acceptors (Lipinski definition) is 9. The third-order valence-electron chi connectivity index (χ3n) is 4.33. The van der Waals surface area contributed by atoms with Gasteiger partial charge in [0.1, 0.15) is 21.3 Å². The Morgan fingerprint density at radius 3 is 1.73 bits per heavy atom. The number of anilines is 1. The summed E-state index contributed by atoms with van der Waals surface area (Å²) in [6.07, 6.45) is 0. The van der Waals surface area contributed by atoms with Crippen molar-refractivity contribution in [3.63, 3.8) is 0 Å². The lowest BCUT2D eigenvalue weighted by Gasteiger charge is -2.09. The molecule has 0 radical (unpaired) electrons. The quantitative estimate of drug-likeness (QED) is 0.209. The summed E-state index contributed by atoms with van der Waals surface area (Å²) < 4.78 is 58.0. The zero-order chi connectivity index (χ0) is 27.6. The van der Waals surface area contributed by atoms with E-state index in [4.69, 9.17) is 25.9 Å². The molecule has 2 N–H and O–H groups in total. The Bertz CT molecular complexity index is 1490. The van der Waals surface area contributed by atoms with Crippen LogP contribution in [0.4, 0.5) is 5.69 Å². The molecule has 4 aromatic rings. The van der Waals surface area contributed by atoms with Gasteiger partial charge in [-0.2, -0.15) is 22.7 Å². The first-order valence-electron chi connectivity index (χ1n) is 10.0. The van der Waals surface area contributed by atoms with Crippen molar-refractivity contribution < 1.29 is 26.3 Å². The van der Waals surface area contributed by atoms with Crippen molar-refractivity contribution in [3.8, 4) is 11.5 Å². The van der Waals surface area contributed by atoms with Crippen LogP contribution in [0.1, 0.15) is 5.56 Å². The van der Waals surface area contributed by atoms with Crippen molar-refractivity contribution in [2.24, 2.45) is 0 Å². The van der Waals surface area contributed by atoms with Crippen molar-refractivity contribution in [1.82, 2.24) is 0 Å². The highest BCUT2D eigenvalue weighted by atomic mass is 79.9. The number of nitrogen functional groups attached to an aromatic ring is 1. The molecule has 0 saturated heterocycles. The molecule has 0 saturated carbocycles. The van der Waals surface area contributed by atoms with Crippen LogP contribution in [0, 0.1) is 0 Å². The maximum atomic E-state index is 12.3. The molecule has 0 atom stereocenters. The van der Waals surface area contributed by atoms with Gasteiger partial charge in [0.05, 0.1) is 20.0 Å². The van der Waals surface area contributed by atoms with E-state index in [1.165, 1.54) is 37.7 Å². The molecule has 2 heterocycles. The summed E-state index contributed by atoms with van der Waals surface area (Å²) in [5, 5.41) is 7.56. The third kappa shape index (κ3) is 10.2. The Morgan fingerprint density at radius 2 is 1.32 bits per heavy atom. The van der Waals surface area contributed by atoms with Crippen LogP contribution < -0.4 is 15.2 Å². The summed E-state index contributed by atoms with van der Waals surface area (Å²) in [6.45, 7) is 0. The number of hydrogen-bond donors (Lipinski definition) is 1. The number of halogens is 3. The van der Waals surface area contributed by atoms with Crippen LogP contribution in [0.2, 0.25) is 0 Å². The summed E-state index contributed by atoms with van der Waals surface area (Å²) in [6, 6.07) is 13.2. The highest BCUT2D eigenvalue weighted by Crippen LogP contribution is 2.31. The molecule has 0 fully saturated rings. The van der Waals surface area contributed by atoms with Gasteiger partial charge in [-0.1, -0.05) is 31.9 Å². The maximum Gasteiger partial charge on any atom is 0.265 e. The first-order chi connectivity index (χ1) is 17.4. The van der Waals surface area contributed by atoms with Crippen molar-refractivity contribution in [3.05, 3.63) is 84.6 Å². The molecular formula is C23H22Br2ClNO6S4. The smallest absolute Gasteiger partial charge is 0.265 e. The molecule has 14 heteroatoms. The fourth-order valence-corrected chi connectivity index (χ4v) is 7.59. The molecule has 0 amide bonds. The van der Waals surface area contributed by atoms with Gasteiger partial charge in [-0.15, -0.1) is 0 Å². The lowest BCUT2D eigenvalue weighted by atomic mass is 10.3. The van der Waals surface area contributed by atoms with Gasteiger partial charge in [-0.25, -0.2) is 16.8 Å². The largest absolute Gasteiger partial charge is 0.495 e. The molecule has 200 valence electrons. The summed E-state index contributed by atoms with van der Waals surface area (Å²) in [7, 11) is 0.887. The van der Waals surface area contributed by atoms with E-state index < -0.39 is 18.9 Å². The Hall–Kier alpha value is -1.61. The lowest BCUT2D eigenvalue weighted by molar-refractivity contribution is 0.402. The second-order valence-corrected chi connectivity index (χ2v) is 14.9. The normalized spacial score (nSPS) is 10.9. The Kier molecular flexibility index (Phi) is 12.4. The van der Waals surface area contributed by atoms with Crippen molar-refractivity contribution in [2.45, 2.75) is 15.5 Å². The van der Waals surface area contributed by atoms with Crippen LogP contribution in [0.25, 0.3) is 0 Å². The predicted molar refractivity (Wildman–Crippen MR) is 158 cm³/mol. The molecule has 0 spiro atoms. The molecule has 7 nitrogen and oxygen atoms in total. The van der Waals surface area contributed by atoms with Gasteiger partial charge >= 0.3 is 0 Å². The maximum absolute atomic E-state index is 12.3. The molecule has 0 aliphatic carbocycles. The molecule has 2 aromatic heterocycles. The second kappa shape index (κ2) is 14.5. The van der Waals surface area contributed by atoms with Gasteiger partial charge < -0.3 is 15.2 Å². The van der Waals surface area contributed by atoms with Crippen molar-refractivity contribution in [2.75, 3.05) is 20.0 Å². The van der Waals surface area contributed by atoms with Crippen LogP contribution in [0.5, 0.6) is 11.5 Å². The fraction of sp³-hybridized carbons (Fsp3) is 0.130. The predicted octanol–water partition coefficient (Wildman–Crippen LogP) is 7.21. The Labute approximate surface area is 245 Å². The number of benzene rings is 2. The molecule has 0 bridgehead atoms. The van der Waals surface area contributed by atoms with E-state index in [1.807, 2.05) is 33.7 Å². The average molecular weight is 732 g/mol. The topological polar surface area (TPSA) is 113 Å². The van der Waals surface area contributed by atoms with E-state index in [1.54, 1.807) is 35.6 Å². The number of methoxy groups -OCH3 is 2. The highest BCUT2D eigenvalue weighted by molar-refractivity contribution is 9.10. The molecule has 0 aliphatic rings. The average Bonchev–Trinajstić information content (AvgIpc) is 3.53. The van der Waals surface area contributed by atoms with E-state index >= 15 is 0 Å². The first-order valence-corrected chi connectivity index (χ1v) is 17.4. The van der Waals surface area contributed by atoms with E-state index in [9.17, 15) is 16.8 Å². The minimum absolute atomic E-state index is 0.0106. The highest BCUT2D eigenvalue weighted by Gasteiger charge is 2.21. The third-order valence-corrected chi connectivity index (χ3v) is 9.79. The molecule has 2 aromatic carbocycles. The number of rotatable bonds is 6. The first kappa shape index (κ1) is 31.6. The van der Waals surface area contributed by atoms with Crippen LogP contribution in [-0.4, -0.2) is 31.1 Å². The van der Waals surface area contributed by atoms with E-state index in [0.717, 1.165) is 11.3 Å². The molecule has 0 unspecified atom stereocenters. The minimum atomic E-state index is -3.75.